The number of halogens is 3. The minimum Gasteiger partial charge on any atom is -0.426 e. The van der Waals surface area contributed by atoms with E-state index in [2.05, 4.69) is 0 Å². The zero-order valence-electron chi connectivity index (χ0n) is 15.0. The molecular weight excluding hydrogens is 413 g/mol. The maximum Gasteiger partial charge on any atom is 0.516 e. The van der Waals surface area contributed by atoms with Crippen LogP contribution in [0.2, 0.25) is 0 Å². The number of rotatable bonds is 5. The quantitative estimate of drug-likeness (QED) is 0.584. The van der Waals surface area contributed by atoms with E-state index in [1.54, 1.807) is 18.2 Å². The molecule has 2 aromatic carbocycles. The summed E-state index contributed by atoms with van der Waals surface area (Å²) in [7, 11) is -5.50. The molecule has 0 radical (unpaired) electrons. The number of alkyl halides is 3. The fourth-order valence-corrected chi connectivity index (χ4v) is 3.41. The summed E-state index contributed by atoms with van der Waals surface area (Å²) < 4.78 is 66.1. The Morgan fingerprint density at radius 3 is 2.41 bits per heavy atom. The molecule has 1 aliphatic heterocycles. The maximum atomic E-state index is 12.6. The number of ether oxygens (including phenoxy) is 1. The summed E-state index contributed by atoms with van der Waals surface area (Å²) in [6, 6.07) is 9.97. The Balaban J connectivity index is 1.73. The topological polar surface area (TPSA) is 92.8 Å². The van der Waals surface area contributed by atoms with Gasteiger partial charge in [0, 0.05) is 30.3 Å². The second-order valence-electron chi connectivity index (χ2n) is 6.29. The van der Waals surface area contributed by atoms with Crippen molar-refractivity contribution in [3.8, 4) is 5.75 Å². The number of carbonyl (C=O) groups excluding carboxylic acids is 2. The first kappa shape index (κ1) is 20.6. The zero-order valence-corrected chi connectivity index (χ0v) is 15.8. The lowest BCUT2D eigenvalue weighted by atomic mass is 10.1. The lowest BCUT2D eigenvalue weighted by Gasteiger charge is -2.16. The zero-order chi connectivity index (χ0) is 21.4. The fourth-order valence-electron chi connectivity index (χ4n) is 2.85. The SMILES string of the molecule is CC(=O)Oc1cccc2c1CN(Cc1ccc(NS(=O)(=O)C(F)(F)F)cc1)C2=O. The van der Waals surface area contributed by atoms with Gasteiger partial charge in [0.1, 0.15) is 5.75 Å². The second kappa shape index (κ2) is 7.39. The highest BCUT2D eigenvalue weighted by Gasteiger charge is 2.46. The molecule has 11 heteroatoms. The first-order valence-electron chi connectivity index (χ1n) is 8.25. The summed E-state index contributed by atoms with van der Waals surface area (Å²) in [5, 5.41) is 0. The van der Waals surface area contributed by atoms with Crippen LogP contribution in [0.3, 0.4) is 0 Å². The monoisotopic (exact) mass is 428 g/mol. The summed E-state index contributed by atoms with van der Waals surface area (Å²) in [5.74, 6) is -0.500. The Labute approximate surface area is 164 Å². The van der Waals surface area contributed by atoms with E-state index < -0.39 is 21.5 Å². The molecule has 0 fully saturated rings. The average molecular weight is 428 g/mol. The van der Waals surface area contributed by atoms with Gasteiger partial charge in [-0.25, -0.2) is 0 Å². The normalized spacial score (nSPS) is 13.9. The van der Waals surface area contributed by atoms with E-state index in [0.29, 0.717) is 22.4 Å². The van der Waals surface area contributed by atoms with Crippen molar-refractivity contribution in [3.05, 3.63) is 59.2 Å². The van der Waals surface area contributed by atoms with Gasteiger partial charge in [-0.3, -0.25) is 14.3 Å². The van der Waals surface area contributed by atoms with Gasteiger partial charge in [-0.1, -0.05) is 18.2 Å². The largest absolute Gasteiger partial charge is 0.516 e. The van der Waals surface area contributed by atoms with Gasteiger partial charge in [0.2, 0.25) is 0 Å². The van der Waals surface area contributed by atoms with Crippen LogP contribution < -0.4 is 9.46 Å². The third kappa shape index (κ3) is 4.34. The molecular formula is C18H15F3N2O5S. The molecule has 0 atom stereocenters. The van der Waals surface area contributed by atoms with Crippen molar-refractivity contribution in [2.24, 2.45) is 0 Å². The molecule has 7 nitrogen and oxygen atoms in total. The van der Waals surface area contributed by atoms with Gasteiger partial charge in [-0.15, -0.1) is 0 Å². The average Bonchev–Trinajstić information content (AvgIpc) is 2.92. The van der Waals surface area contributed by atoms with Gasteiger partial charge in [0.05, 0.1) is 6.54 Å². The third-order valence-corrected chi connectivity index (χ3v) is 5.25. The molecule has 1 aliphatic rings. The van der Waals surface area contributed by atoms with Crippen molar-refractivity contribution in [1.29, 1.82) is 0 Å². The van der Waals surface area contributed by atoms with Crippen LogP contribution >= 0.6 is 0 Å². The van der Waals surface area contributed by atoms with E-state index in [0.717, 1.165) is 0 Å². The minimum absolute atomic E-state index is 0.138. The van der Waals surface area contributed by atoms with Crippen LogP contribution in [0.15, 0.2) is 42.5 Å². The fraction of sp³-hybridized carbons (Fsp3) is 0.222. The van der Waals surface area contributed by atoms with Crippen molar-refractivity contribution in [2.75, 3.05) is 4.72 Å². The number of fused-ring (bicyclic) bond motifs is 1. The van der Waals surface area contributed by atoms with Gasteiger partial charge in [0.25, 0.3) is 5.91 Å². The van der Waals surface area contributed by atoms with Crippen LogP contribution in [0.25, 0.3) is 0 Å². The molecule has 29 heavy (non-hydrogen) atoms. The lowest BCUT2D eigenvalue weighted by molar-refractivity contribution is -0.131. The van der Waals surface area contributed by atoms with E-state index in [9.17, 15) is 31.2 Å². The molecule has 0 aromatic heterocycles. The van der Waals surface area contributed by atoms with Crippen molar-refractivity contribution in [2.45, 2.75) is 25.5 Å². The third-order valence-electron chi connectivity index (χ3n) is 4.14. The number of benzene rings is 2. The lowest BCUT2D eigenvalue weighted by Crippen LogP contribution is -2.29. The van der Waals surface area contributed by atoms with E-state index in [-0.39, 0.29) is 24.7 Å². The highest BCUT2D eigenvalue weighted by Crippen LogP contribution is 2.32. The Morgan fingerprint density at radius 1 is 1.17 bits per heavy atom. The number of amides is 1. The number of nitrogens with one attached hydrogen (secondary N) is 1. The number of anilines is 1. The van der Waals surface area contributed by atoms with Crippen molar-refractivity contribution in [1.82, 2.24) is 4.90 Å². The number of carbonyl (C=O) groups is 2. The molecule has 1 N–H and O–H groups in total. The van der Waals surface area contributed by atoms with Crippen molar-refractivity contribution < 1.29 is 35.9 Å². The van der Waals surface area contributed by atoms with Crippen LogP contribution in [-0.2, 0) is 27.9 Å². The van der Waals surface area contributed by atoms with Crippen molar-refractivity contribution >= 4 is 27.6 Å². The molecule has 2 aromatic rings. The Hall–Kier alpha value is -3.08. The number of hydrogen-bond donors (Lipinski definition) is 1. The first-order chi connectivity index (χ1) is 13.5. The van der Waals surface area contributed by atoms with Crippen LogP contribution in [0.4, 0.5) is 18.9 Å². The summed E-state index contributed by atoms with van der Waals surface area (Å²) in [5.41, 5.74) is -4.12. The standard InChI is InChI=1S/C18H15F3N2O5S/c1-11(24)28-16-4-2-3-14-15(16)10-23(17(14)25)9-12-5-7-13(8-6-12)22-29(26,27)18(19,20)21/h2-8,22H,9-10H2,1H3. The number of sulfonamides is 1. The van der Waals surface area contributed by atoms with E-state index in [4.69, 9.17) is 4.74 Å². The summed E-state index contributed by atoms with van der Waals surface area (Å²) in [6.45, 7) is 1.59. The molecule has 1 heterocycles. The smallest absolute Gasteiger partial charge is 0.426 e. The van der Waals surface area contributed by atoms with Gasteiger partial charge in [-0.05, 0) is 29.8 Å². The maximum absolute atomic E-state index is 12.6. The summed E-state index contributed by atoms with van der Waals surface area (Å²) in [6.07, 6.45) is 0. The summed E-state index contributed by atoms with van der Waals surface area (Å²) in [4.78, 5) is 25.3. The van der Waals surface area contributed by atoms with Crippen LogP contribution in [-0.4, -0.2) is 30.7 Å². The molecule has 154 valence electrons. The predicted molar refractivity (Wildman–Crippen MR) is 96.4 cm³/mol. The van der Waals surface area contributed by atoms with Crippen LogP contribution in [0, 0.1) is 0 Å². The van der Waals surface area contributed by atoms with Gasteiger partial charge in [0.15, 0.2) is 0 Å². The van der Waals surface area contributed by atoms with Gasteiger partial charge >= 0.3 is 21.5 Å². The Bertz CT molecular complexity index is 1070. The van der Waals surface area contributed by atoms with Gasteiger partial charge < -0.3 is 9.64 Å². The van der Waals surface area contributed by atoms with E-state index in [1.807, 2.05) is 0 Å². The molecule has 0 saturated heterocycles. The molecule has 0 unspecified atom stereocenters. The number of hydrogen-bond acceptors (Lipinski definition) is 5. The molecule has 3 rings (SSSR count). The van der Waals surface area contributed by atoms with Crippen LogP contribution in [0.5, 0.6) is 5.75 Å². The molecule has 0 saturated carbocycles. The first-order valence-corrected chi connectivity index (χ1v) is 9.74. The molecule has 1 amide bonds. The summed E-state index contributed by atoms with van der Waals surface area (Å²) >= 11 is 0. The van der Waals surface area contributed by atoms with Gasteiger partial charge in [-0.2, -0.15) is 21.6 Å². The van der Waals surface area contributed by atoms with E-state index in [1.165, 1.54) is 40.8 Å². The Morgan fingerprint density at radius 2 is 1.83 bits per heavy atom. The highest BCUT2D eigenvalue weighted by molar-refractivity contribution is 7.93. The van der Waals surface area contributed by atoms with E-state index >= 15 is 0 Å². The molecule has 0 spiro atoms. The molecule has 0 aliphatic carbocycles. The second-order valence-corrected chi connectivity index (χ2v) is 7.96. The predicted octanol–water partition coefficient (Wildman–Crippen LogP) is 3.03. The highest BCUT2D eigenvalue weighted by atomic mass is 32.2. The Kier molecular flexibility index (Phi) is 5.26. The van der Waals surface area contributed by atoms with Crippen LogP contribution in [0.1, 0.15) is 28.4 Å². The molecule has 0 bridgehead atoms. The number of esters is 1. The van der Waals surface area contributed by atoms with Crippen molar-refractivity contribution in [3.63, 3.8) is 0 Å². The minimum atomic E-state index is -5.50. The number of nitrogens with zero attached hydrogens (tertiary/aromatic N) is 1.